The minimum absolute atomic E-state index is 0.0338. The van der Waals surface area contributed by atoms with Crippen molar-refractivity contribution in [2.45, 2.75) is 51.9 Å². The maximum absolute atomic E-state index is 13.0. The molecule has 1 fully saturated rings. The topological polar surface area (TPSA) is 92.1 Å². The number of aryl methyl sites for hydroxylation is 3. The Kier molecular flexibility index (Phi) is 3.56. The molecule has 7 heteroatoms. The Morgan fingerprint density at radius 1 is 1.28 bits per heavy atom. The first-order valence-electron chi connectivity index (χ1n) is 8.74. The van der Waals surface area contributed by atoms with Crippen LogP contribution >= 0.6 is 0 Å². The summed E-state index contributed by atoms with van der Waals surface area (Å²) in [5.74, 6) is 1.16. The molecule has 0 radical (unpaired) electrons. The van der Waals surface area contributed by atoms with Crippen LogP contribution in [0.3, 0.4) is 0 Å². The van der Waals surface area contributed by atoms with E-state index in [1.54, 1.807) is 13.8 Å². The average Bonchev–Trinajstić information content (AvgIpc) is 3.08. The Morgan fingerprint density at radius 3 is 2.80 bits per heavy atom. The van der Waals surface area contributed by atoms with E-state index in [0.29, 0.717) is 35.9 Å². The second kappa shape index (κ2) is 5.54. The Bertz CT molecular complexity index is 894. The Hall–Kier alpha value is -2.44. The highest BCUT2D eigenvalue weighted by atomic mass is 16.5. The van der Waals surface area contributed by atoms with E-state index in [1.165, 1.54) is 0 Å². The molecule has 132 valence electrons. The maximum Gasteiger partial charge on any atom is 0.259 e. The quantitative estimate of drug-likeness (QED) is 0.853. The molecule has 25 heavy (non-hydrogen) atoms. The number of hydrogen-bond acceptors (Lipinski definition) is 5. The normalized spacial score (nSPS) is 22.4. The van der Waals surface area contributed by atoms with Gasteiger partial charge in [0.05, 0.1) is 11.4 Å². The summed E-state index contributed by atoms with van der Waals surface area (Å²) < 4.78 is 5.16. The molecule has 1 spiro atoms. The molecule has 1 atom stereocenters. The monoisotopic (exact) mass is 342 g/mol. The molecule has 2 aliphatic rings. The molecule has 0 saturated carbocycles. The van der Waals surface area contributed by atoms with E-state index >= 15 is 0 Å². The first kappa shape index (κ1) is 16.1. The molecule has 1 aliphatic heterocycles. The number of carbonyl (C=O) groups excluding carboxylic acids is 1. The predicted octanol–water partition coefficient (Wildman–Crippen LogP) is 1.80. The summed E-state index contributed by atoms with van der Waals surface area (Å²) in [5, 5.41) is 3.90. The largest absolute Gasteiger partial charge is 0.361 e. The van der Waals surface area contributed by atoms with Gasteiger partial charge in [0.1, 0.15) is 17.1 Å². The van der Waals surface area contributed by atoms with Crippen LogP contribution in [0.4, 0.5) is 0 Å². The summed E-state index contributed by atoms with van der Waals surface area (Å²) in [6.45, 7) is 6.67. The second-order valence-corrected chi connectivity index (χ2v) is 7.29. The number of nitrogens with zero attached hydrogens (tertiary/aromatic N) is 3. The number of hydrogen-bond donors (Lipinski definition) is 1. The van der Waals surface area contributed by atoms with E-state index in [4.69, 9.17) is 4.52 Å². The Labute approximate surface area is 145 Å². The van der Waals surface area contributed by atoms with Crippen LogP contribution in [0.15, 0.2) is 9.32 Å². The lowest BCUT2D eigenvalue weighted by Gasteiger charge is -2.40. The molecule has 1 amide bonds. The zero-order valence-corrected chi connectivity index (χ0v) is 14.8. The SMILES string of the molecule is Cc1nc2c(c(=O)[nH]1)CCC21CCCN(C(=O)c2c(C)noc2C)C1. The smallest absolute Gasteiger partial charge is 0.259 e. The van der Waals surface area contributed by atoms with Crippen molar-refractivity contribution in [3.8, 4) is 0 Å². The van der Waals surface area contributed by atoms with Crippen LogP contribution < -0.4 is 5.56 Å². The zero-order chi connectivity index (χ0) is 17.8. The number of likely N-dealkylation sites (tertiary alicyclic amines) is 1. The highest BCUT2D eigenvalue weighted by Gasteiger charge is 2.46. The van der Waals surface area contributed by atoms with E-state index in [2.05, 4.69) is 15.1 Å². The van der Waals surface area contributed by atoms with Gasteiger partial charge < -0.3 is 14.4 Å². The van der Waals surface area contributed by atoms with Crippen molar-refractivity contribution < 1.29 is 9.32 Å². The van der Waals surface area contributed by atoms with Crippen molar-refractivity contribution in [2.24, 2.45) is 0 Å². The molecule has 1 unspecified atom stereocenters. The number of amides is 1. The third-order valence-electron chi connectivity index (χ3n) is 5.60. The van der Waals surface area contributed by atoms with Crippen molar-refractivity contribution in [2.75, 3.05) is 13.1 Å². The standard InChI is InChI=1S/C18H22N4O3/c1-10-14(11(2)25-21-10)17(24)22-8-4-6-18(9-22)7-5-13-15(18)19-12(3)20-16(13)23/h4-9H2,1-3H3,(H,19,20,23). The van der Waals surface area contributed by atoms with Crippen molar-refractivity contribution >= 4 is 5.91 Å². The summed E-state index contributed by atoms with van der Waals surface area (Å²) in [4.78, 5) is 34.6. The van der Waals surface area contributed by atoms with Gasteiger partial charge in [-0.1, -0.05) is 5.16 Å². The predicted molar refractivity (Wildman–Crippen MR) is 90.7 cm³/mol. The number of rotatable bonds is 1. The fourth-order valence-electron chi connectivity index (χ4n) is 4.41. The molecule has 4 rings (SSSR count). The van der Waals surface area contributed by atoms with E-state index < -0.39 is 0 Å². The van der Waals surface area contributed by atoms with Crippen molar-refractivity contribution in [3.05, 3.63) is 44.5 Å². The number of H-pyrrole nitrogens is 1. The van der Waals surface area contributed by atoms with Crippen LogP contribution in [0.1, 0.15) is 58.2 Å². The minimum atomic E-state index is -0.207. The molecule has 1 aliphatic carbocycles. The van der Waals surface area contributed by atoms with Crippen molar-refractivity contribution in [1.82, 2.24) is 20.0 Å². The maximum atomic E-state index is 13.0. The fourth-order valence-corrected chi connectivity index (χ4v) is 4.41. The molecule has 1 N–H and O–H groups in total. The Morgan fingerprint density at radius 2 is 2.08 bits per heavy atom. The highest BCUT2D eigenvalue weighted by Crippen LogP contribution is 2.43. The van der Waals surface area contributed by atoms with Gasteiger partial charge in [0.2, 0.25) is 0 Å². The molecule has 0 aromatic carbocycles. The van der Waals surface area contributed by atoms with E-state index in [-0.39, 0.29) is 16.9 Å². The summed E-state index contributed by atoms with van der Waals surface area (Å²) in [5.41, 5.74) is 2.63. The van der Waals surface area contributed by atoms with Crippen molar-refractivity contribution in [1.29, 1.82) is 0 Å². The summed E-state index contributed by atoms with van der Waals surface area (Å²) in [6.07, 6.45) is 3.46. The number of nitrogens with one attached hydrogen (secondary N) is 1. The minimum Gasteiger partial charge on any atom is -0.361 e. The van der Waals surface area contributed by atoms with Crippen molar-refractivity contribution in [3.63, 3.8) is 0 Å². The van der Waals surface area contributed by atoms with E-state index in [0.717, 1.165) is 36.9 Å². The van der Waals surface area contributed by atoms with Crippen LogP contribution in [0.25, 0.3) is 0 Å². The fraction of sp³-hybridized carbons (Fsp3) is 0.556. The molecule has 7 nitrogen and oxygen atoms in total. The molecular formula is C18H22N4O3. The van der Waals surface area contributed by atoms with Crippen LogP contribution in [-0.4, -0.2) is 39.0 Å². The van der Waals surface area contributed by atoms with Gasteiger partial charge in [-0.25, -0.2) is 4.98 Å². The van der Waals surface area contributed by atoms with Gasteiger partial charge in [-0.15, -0.1) is 0 Å². The molecule has 0 bridgehead atoms. The molecular weight excluding hydrogens is 320 g/mol. The van der Waals surface area contributed by atoms with E-state index in [9.17, 15) is 9.59 Å². The number of aromatic amines is 1. The summed E-state index contributed by atoms with van der Waals surface area (Å²) in [6, 6.07) is 0. The number of fused-ring (bicyclic) bond motifs is 2. The van der Waals surface area contributed by atoms with Crippen LogP contribution in [-0.2, 0) is 11.8 Å². The number of carbonyl (C=O) groups is 1. The first-order valence-corrected chi connectivity index (χ1v) is 8.74. The van der Waals surface area contributed by atoms with Gasteiger partial charge in [0.15, 0.2) is 0 Å². The van der Waals surface area contributed by atoms with Gasteiger partial charge in [0.25, 0.3) is 11.5 Å². The average molecular weight is 342 g/mol. The summed E-state index contributed by atoms with van der Waals surface area (Å²) >= 11 is 0. The lowest BCUT2D eigenvalue weighted by molar-refractivity contribution is 0.0631. The van der Waals surface area contributed by atoms with Gasteiger partial charge in [-0.3, -0.25) is 9.59 Å². The third kappa shape index (κ3) is 2.41. The van der Waals surface area contributed by atoms with Crippen LogP contribution in [0.5, 0.6) is 0 Å². The second-order valence-electron chi connectivity index (χ2n) is 7.29. The lowest BCUT2D eigenvalue weighted by atomic mass is 9.77. The Balaban J connectivity index is 1.70. The van der Waals surface area contributed by atoms with Gasteiger partial charge >= 0.3 is 0 Å². The molecule has 3 heterocycles. The van der Waals surface area contributed by atoms with Crippen LogP contribution in [0.2, 0.25) is 0 Å². The van der Waals surface area contributed by atoms with Gasteiger partial charge in [-0.05, 0) is 46.5 Å². The van der Waals surface area contributed by atoms with E-state index in [1.807, 2.05) is 11.8 Å². The molecule has 2 aromatic rings. The van der Waals surface area contributed by atoms with Gasteiger partial charge in [0, 0.05) is 24.1 Å². The molecule has 1 saturated heterocycles. The lowest BCUT2D eigenvalue weighted by Crippen LogP contribution is -2.48. The highest BCUT2D eigenvalue weighted by molar-refractivity contribution is 5.96. The zero-order valence-electron chi connectivity index (χ0n) is 14.8. The first-order chi connectivity index (χ1) is 11.9. The number of piperidine rings is 1. The van der Waals surface area contributed by atoms with Gasteiger partial charge in [-0.2, -0.15) is 0 Å². The third-order valence-corrected chi connectivity index (χ3v) is 5.60. The molecule has 2 aromatic heterocycles. The van der Waals surface area contributed by atoms with Crippen LogP contribution in [0, 0.1) is 20.8 Å². The summed E-state index contributed by atoms with van der Waals surface area (Å²) in [7, 11) is 0. The number of aromatic nitrogens is 3.